The average molecular weight is 486 g/mol. The van der Waals surface area contributed by atoms with Crippen LogP contribution >= 0.6 is 0 Å². The number of hydrogen-bond donors (Lipinski definition) is 1. The molecular weight excluding hydrogens is 454 g/mol. The number of aryl methyl sites for hydroxylation is 2. The van der Waals surface area contributed by atoms with Crippen LogP contribution in [0.15, 0.2) is 62.6 Å². The average Bonchev–Trinajstić information content (AvgIpc) is 2.80. The number of carbonyl (C=O) groups excluding carboxylic acids is 1. The second-order valence-electron chi connectivity index (χ2n) is 8.57. The van der Waals surface area contributed by atoms with E-state index in [1.54, 1.807) is 31.2 Å². The quantitative estimate of drug-likeness (QED) is 0.253. The molecule has 0 saturated heterocycles. The van der Waals surface area contributed by atoms with E-state index in [-0.39, 0.29) is 16.6 Å². The Balaban J connectivity index is 1.86. The molecule has 0 radical (unpaired) electrons. The smallest absolute Gasteiger partial charge is 0.336 e. The second kappa shape index (κ2) is 11.0. The predicted molar refractivity (Wildman–Crippen MR) is 131 cm³/mol. The van der Waals surface area contributed by atoms with Crippen LogP contribution < -0.4 is 15.1 Å². The molecule has 0 spiro atoms. The van der Waals surface area contributed by atoms with E-state index in [0.717, 1.165) is 35.8 Å². The van der Waals surface area contributed by atoms with Gasteiger partial charge in [-0.25, -0.2) is 18.0 Å². The fraction of sp³-hybridized carbons (Fsp3) is 0.385. The number of esters is 1. The first kappa shape index (κ1) is 25.6. The van der Waals surface area contributed by atoms with Crippen LogP contribution in [0.4, 0.5) is 0 Å². The van der Waals surface area contributed by atoms with Gasteiger partial charge >= 0.3 is 11.6 Å². The zero-order valence-electron chi connectivity index (χ0n) is 20.0. The van der Waals surface area contributed by atoms with Crippen molar-refractivity contribution in [3.63, 3.8) is 0 Å². The van der Waals surface area contributed by atoms with Crippen LogP contribution in [0.2, 0.25) is 0 Å². The van der Waals surface area contributed by atoms with E-state index in [0.29, 0.717) is 12.0 Å². The monoisotopic (exact) mass is 485 g/mol. The van der Waals surface area contributed by atoms with Crippen molar-refractivity contribution in [3.8, 4) is 5.75 Å². The summed E-state index contributed by atoms with van der Waals surface area (Å²) in [5.74, 6) is -0.864. The van der Waals surface area contributed by atoms with Crippen LogP contribution in [0.25, 0.3) is 11.0 Å². The molecule has 1 N–H and O–H groups in total. The number of rotatable bonds is 10. The van der Waals surface area contributed by atoms with Crippen LogP contribution in [0.1, 0.15) is 51.2 Å². The molecule has 7 nitrogen and oxygen atoms in total. The summed E-state index contributed by atoms with van der Waals surface area (Å²) in [6.45, 7) is 7.59. The molecule has 0 bridgehead atoms. The maximum Gasteiger partial charge on any atom is 0.336 e. The summed E-state index contributed by atoms with van der Waals surface area (Å²) in [6, 6.07) is 11.7. The fourth-order valence-electron chi connectivity index (χ4n) is 3.61. The summed E-state index contributed by atoms with van der Waals surface area (Å²) in [5.41, 5.74) is 1.67. The van der Waals surface area contributed by atoms with Crippen LogP contribution in [0, 0.1) is 12.8 Å². The molecule has 2 unspecified atom stereocenters. The molecule has 34 heavy (non-hydrogen) atoms. The number of fused-ring (bicyclic) bond motifs is 1. The molecule has 2 aromatic carbocycles. The molecule has 0 saturated carbocycles. The Hall–Kier alpha value is -2.97. The predicted octanol–water partition coefficient (Wildman–Crippen LogP) is 4.74. The highest BCUT2D eigenvalue weighted by atomic mass is 32.2. The first-order valence-corrected chi connectivity index (χ1v) is 13.0. The zero-order valence-corrected chi connectivity index (χ0v) is 20.8. The summed E-state index contributed by atoms with van der Waals surface area (Å²) in [6.07, 6.45) is 3.23. The molecule has 0 aliphatic carbocycles. The minimum atomic E-state index is -3.93. The fourth-order valence-corrected chi connectivity index (χ4v) is 4.91. The highest BCUT2D eigenvalue weighted by Gasteiger charge is 2.31. The van der Waals surface area contributed by atoms with Crippen LogP contribution in [-0.4, -0.2) is 20.4 Å². The second-order valence-corrected chi connectivity index (χ2v) is 10.3. The topological polar surface area (TPSA) is 103 Å². The van der Waals surface area contributed by atoms with Crippen molar-refractivity contribution in [1.29, 1.82) is 0 Å². The minimum absolute atomic E-state index is 0.0753. The van der Waals surface area contributed by atoms with E-state index in [1.165, 1.54) is 24.3 Å². The van der Waals surface area contributed by atoms with Crippen LogP contribution in [-0.2, 0) is 21.2 Å². The molecule has 0 amide bonds. The van der Waals surface area contributed by atoms with Gasteiger partial charge in [0.2, 0.25) is 10.0 Å². The van der Waals surface area contributed by atoms with E-state index < -0.39 is 27.7 Å². The molecule has 0 aliphatic rings. The summed E-state index contributed by atoms with van der Waals surface area (Å²) in [4.78, 5) is 25.1. The van der Waals surface area contributed by atoms with Crippen molar-refractivity contribution in [1.82, 2.24) is 4.72 Å². The summed E-state index contributed by atoms with van der Waals surface area (Å²) in [5, 5.41) is 0.784. The zero-order chi connectivity index (χ0) is 24.9. The van der Waals surface area contributed by atoms with Gasteiger partial charge in [0.05, 0.1) is 4.90 Å². The molecule has 2 atom stereocenters. The third kappa shape index (κ3) is 6.12. The lowest BCUT2D eigenvalue weighted by Gasteiger charge is -2.22. The molecule has 1 heterocycles. The SMILES string of the molecule is CCCCc1cc(=O)oc2cc(OC(=O)C(NS(=O)(=O)c3ccc(C)cc3)C(C)CC)ccc12. The van der Waals surface area contributed by atoms with Gasteiger partial charge < -0.3 is 9.15 Å². The highest BCUT2D eigenvalue weighted by molar-refractivity contribution is 7.89. The lowest BCUT2D eigenvalue weighted by Crippen LogP contribution is -2.46. The number of unbranched alkanes of at least 4 members (excludes halogenated alkanes) is 1. The van der Waals surface area contributed by atoms with Gasteiger partial charge in [-0.2, -0.15) is 4.72 Å². The Morgan fingerprint density at radius 1 is 1.09 bits per heavy atom. The minimum Gasteiger partial charge on any atom is -0.425 e. The number of ether oxygens (including phenoxy) is 1. The molecule has 1 aromatic heterocycles. The third-order valence-corrected chi connectivity index (χ3v) is 7.36. The molecule has 0 fully saturated rings. The van der Waals surface area contributed by atoms with Crippen molar-refractivity contribution >= 4 is 27.0 Å². The molecule has 182 valence electrons. The van der Waals surface area contributed by atoms with Crippen molar-refractivity contribution in [3.05, 3.63) is 70.1 Å². The number of benzene rings is 2. The standard InChI is InChI=1S/C26H31NO6S/c1-5-7-8-19-15-24(28)33-23-16-20(11-14-22(19)23)32-26(29)25(18(4)6-2)27-34(30,31)21-12-9-17(3)10-13-21/h9-16,18,25,27H,5-8H2,1-4H3. The lowest BCUT2D eigenvalue weighted by atomic mass is 10.0. The van der Waals surface area contributed by atoms with Gasteiger partial charge in [-0.1, -0.05) is 51.3 Å². The van der Waals surface area contributed by atoms with Gasteiger partial charge in [-0.3, -0.25) is 0 Å². The lowest BCUT2D eigenvalue weighted by molar-refractivity contribution is -0.137. The number of sulfonamides is 1. The van der Waals surface area contributed by atoms with E-state index in [9.17, 15) is 18.0 Å². The Morgan fingerprint density at radius 3 is 2.44 bits per heavy atom. The molecule has 3 aromatic rings. The molecule has 3 rings (SSSR count). The number of nitrogens with one attached hydrogen (secondary N) is 1. The van der Waals surface area contributed by atoms with Crippen LogP contribution in [0.5, 0.6) is 5.75 Å². The summed E-state index contributed by atoms with van der Waals surface area (Å²) < 4.78 is 39.2. The van der Waals surface area contributed by atoms with Crippen molar-refractivity contribution < 1.29 is 22.4 Å². The summed E-state index contributed by atoms with van der Waals surface area (Å²) in [7, 11) is -3.93. The van der Waals surface area contributed by atoms with Gasteiger partial charge in [0.25, 0.3) is 0 Å². The number of hydrogen-bond acceptors (Lipinski definition) is 6. The molecular formula is C26H31NO6S. The largest absolute Gasteiger partial charge is 0.425 e. The van der Waals surface area contributed by atoms with Gasteiger partial charge in [0, 0.05) is 17.5 Å². The van der Waals surface area contributed by atoms with Crippen molar-refractivity contribution in [2.75, 3.05) is 0 Å². The number of carbonyl (C=O) groups is 1. The van der Waals surface area contributed by atoms with E-state index in [2.05, 4.69) is 11.6 Å². The van der Waals surface area contributed by atoms with E-state index in [1.807, 2.05) is 13.8 Å². The Bertz CT molecular complexity index is 1310. The van der Waals surface area contributed by atoms with Gasteiger partial charge in [-0.15, -0.1) is 0 Å². The van der Waals surface area contributed by atoms with Crippen LogP contribution in [0.3, 0.4) is 0 Å². The van der Waals surface area contributed by atoms with E-state index >= 15 is 0 Å². The van der Waals surface area contributed by atoms with Gasteiger partial charge in [0.15, 0.2) is 0 Å². The van der Waals surface area contributed by atoms with Gasteiger partial charge in [-0.05, 0) is 55.5 Å². The third-order valence-electron chi connectivity index (χ3n) is 5.90. The Labute approximate surface area is 200 Å². The Kier molecular flexibility index (Phi) is 8.28. The first-order chi connectivity index (χ1) is 16.1. The van der Waals surface area contributed by atoms with E-state index in [4.69, 9.17) is 9.15 Å². The first-order valence-electron chi connectivity index (χ1n) is 11.5. The molecule has 8 heteroatoms. The normalized spacial score (nSPS) is 13.5. The maximum atomic E-state index is 13.0. The maximum absolute atomic E-state index is 13.0. The highest BCUT2D eigenvalue weighted by Crippen LogP contribution is 2.25. The van der Waals surface area contributed by atoms with Gasteiger partial charge in [0.1, 0.15) is 17.4 Å². The molecule has 0 aliphatic heterocycles. The Morgan fingerprint density at radius 2 is 1.79 bits per heavy atom. The summed E-state index contributed by atoms with van der Waals surface area (Å²) >= 11 is 0. The van der Waals surface area contributed by atoms with Crippen molar-refractivity contribution in [2.24, 2.45) is 5.92 Å². The van der Waals surface area contributed by atoms with Crippen molar-refractivity contribution in [2.45, 2.75) is 64.3 Å².